The summed E-state index contributed by atoms with van der Waals surface area (Å²) in [6.45, 7) is 1.19. The van der Waals surface area contributed by atoms with E-state index in [4.69, 9.17) is 33.0 Å². The second kappa shape index (κ2) is 7.06. The third-order valence-electron chi connectivity index (χ3n) is 2.07. The number of nitrogens with one attached hydrogen (secondary N) is 2. The summed E-state index contributed by atoms with van der Waals surface area (Å²) < 4.78 is 5.19. The van der Waals surface area contributed by atoms with Crippen LogP contribution in [0.15, 0.2) is 18.2 Å². The van der Waals surface area contributed by atoms with Gasteiger partial charge in [-0.1, -0.05) is 23.2 Å². The molecule has 0 saturated heterocycles. The maximum Gasteiger partial charge on any atom is 0.325 e. The number of urea groups is 1. The third-order valence-corrected chi connectivity index (χ3v) is 2.60. The van der Waals surface area contributed by atoms with Crippen molar-refractivity contribution in [3.05, 3.63) is 28.2 Å². The zero-order chi connectivity index (χ0) is 14.4. The Hall–Kier alpha value is -1.66. The zero-order valence-corrected chi connectivity index (χ0v) is 11.5. The van der Waals surface area contributed by atoms with E-state index in [-0.39, 0.29) is 6.73 Å². The van der Waals surface area contributed by atoms with Crippen LogP contribution in [0.4, 0.5) is 4.79 Å². The molecule has 0 bridgehead atoms. The van der Waals surface area contributed by atoms with E-state index < -0.39 is 18.0 Å². The molecule has 2 amide bonds. The lowest BCUT2D eigenvalue weighted by atomic mass is 10.3. The van der Waals surface area contributed by atoms with Gasteiger partial charge in [0.05, 0.1) is 5.02 Å². The fourth-order valence-electron chi connectivity index (χ4n) is 1.08. The van der Waals surface area contributed by atoms with Gasteiger partial charge in [-0.05, 0) is 25.1 Å². The smallest absolute Gasteiger partial charge is 0.325 e. The number of carboxylic acid groups (broad SMARTS) is 1. The number of amides is 2. The minimum Gasteiger partial charge on any atom is -0.480 e. The number of hydrogen-bond acceptors (Lipinski definition) is 3. The molecule has 8 heteroatoms. The minimum absolute atomic E-state index is 0.153. The van der Waals surface area contributed by atoms with Crippen LogP contribution < -0.4 is 15.4 Å². The fourth-order valence-corrected chi connectivity index (χ4v) is 1.54. The van der Waals surface area contributed by atoms with Gasteiger partial charge in [0.25, 0.3) is 0 Å². The summed E-state index contributed by atoms with van der Waals surface area (Å²) in [4.78, 5) is 21.8. The Morgan fingerprint density at radius 3 is 2.68 bits per heavy atom. The molecule has 3 N–H and O–H groups in total. The molecular weight excluding hydrogens is 295 g/mol. The van der Waals surface area contributed by atoms with Crippen LogP contribution in [-0.4, -0.2) is 29.9 Å². The van der Waals surface area contributed by atoms with Crippen LogP contribution in [0.25, 0.3) is 0 Å². The standard InChI is InChI=1S/C11H12Cl2N2O4/c1-6(10(16)17)15-11(18)14-5-19-9-3-2-7(12)4-8(9)13/h2-4,6H,5H2,1H3,(H,16,17)(H2,14,15,18). The summed E-state index contributed by atoms with van der Waals surface area (Å²) in [7, 11) is 0. The van der Waals surface area contributed by atoms with Crippen molar-refractivity contribution in [2.45, 2.75) is 13.0 Å². The van der Waals surface area contributed by atoms with Crippen LogP contribution in [-0.2, 0) is 4.79 Å². The molecule has 1 unspecified atom stereocenters. The summed E-state index contributed by atoms with van der Waals surface area (Å²) in [6, 6.07) is 3.02. The maximum absolute atomic E-state index is 11.3. The molecule has 6 nitrogen and oxygen atoms in total. The van der Waals surface area contributed by atoms with Gasteiger partial charge in [0.2, 0.25) is 0 Å². The van der Waals surface area contributed by atoms with Crippen molar-refractivity contribution in [3.63, 3.8) is 0 Å². The second-order valence-electron chi connectivity index (χ2n) is 3.57. The van der Waals surface area contributed by atoms with Crippen LogP contribution in [0.1, 0.15) is 6.92 Å². The Morgan fingerprint density at radius 1 is 1.42 bits per heavy atom. The first kappa shape index (κ1) is 15.4. The van der Waals surface area contributed by atoms with Crippen molar-refractivity contribution in [2.75, 3.05) is 6.73 Å². The van der Waals surface area contributed by atoms with E-state index in [9.17, 15) is 9.59 Å². The number of carbonyl (C=O) groups is 2. The molecule has 1 rings (SSSR count). The highest BCUT2D eigenvalue weighted by Crippen LogP contribution is 2.27. The van der Waals surface area contributed by atoms with Crippen LogP contribution in [0, 0.1) is 0 Å². The Bertz CT molecular complexity index is 482. The summed E-state index contributed by atoms with van der Waals surface area (Å²) >= 11 is 11.6. The molecule has 0 aliphatic rings. The van der Waals surface area contributed by atoms with E-state index in [2.05, 4.69) is 10.6 Å². The highest BCUT2D eigenvalue weighted by Gasteiger charge is 2.13. The lowest BCUT2D eigenvalue weighted by Gasteiger charge is -2.12. The Labute approximate surface area is 119 Å². The lowest BCUT2D eigenvalue weighted by Crippen LogP contribution is -2.45. The maximum atomic E-state index is 11.3. The van der Waals surface area contributed by atoms with Crippen molar-refractivity contribution in [1.29, 1.82) is 0 Å². The Balaban J connectivity index is 2.38. The van der Waals surface area contributed by atoms with Gasteiger partial charge >= 0.3 is 12.0 Å². The predicted molar refractivity (Wildman–Crippen MR) is 70.7 cm³/mol. The average molecular weight is 307 g/mol. The predicted octanol–water partition coefficient (Wildman–Crippen LogP) is 2.10. The topological polar surface area (TPSA) is 87.7 Å². The van der Waals surface area contributed by atoms with Crippen molar-refractivity contribution in [1.82, 2.24) is 10.6 Å². The molecule has 0 fully saturated rings. The lowest BCUT2D eigenvalue weighted by molar-refractivity contribution is -0.138. The van der Waals surface area contributed by atoms with Gasteiger partial charge in [0.1, 0.15) is 11.8 Å². The van der Waals surface area contributed by atoms with Gasteiger partial charge in [0.15, 0.2) is 6.73 Å². The molecule has 0 aliphatic heterocycles. The molecule has 1 aromatic carbocycles. The molecule has 0 saturated carbocycles. The number of hydrogen-bond donors (Lipinski definition) is 3. The molecule has 1 aromatic rings. The number of benzene rings is 1. The monoisotopic (exact) mass is 306 g/mol. The van der Waals surface area contributed by atoms with Crippen LogP contribution in [0.2, 0.25) is 10.0 Å². The summed E-state index contributed by atoms with van der Waals surface area (Å²) in [5, 5.41) is 13.9. The van der Waals surface area contributed by atoms with Gasteiger partial charge in [-0.2, -0.15) is 0 Å². The first-order valence-electron chi connectivity index (χ1n) is 5.25. The average Bonchev–Trinajstić information content (AvgIpc) is 2.31. The van der Waals surface area contributed by atoms with Gasteiger partial charge in [0, 0.05) is 5.02 Å². The zero-order valence-electron chi connectivity index (χ0n) is 9.94. The summed E-state index contributed by atoms with van der Waals surface area (Å²) in [5.74, 6) is -0.769. The number of carbonyl (C=O) groups excluding carboxylic acids is 1. The second-order valence-corrected chi connectivity index (χ2v) is 4.42. The molecule has 0 radical (unpaired) electrons. The van der Waals surface area contributed by atoms with E-state index >= 15 is 0 Å². The van der Waals surface area contributed by atoms with Crippen LogP contribution in [0.3, 0.4) is 0 Å². The van der Waals surface area contributed by atoms with Crippen molar-refractivity contribution in [3.8, 4) is 5.75 Å². The van der Waals surface area contributed by atoms with E-state index in [1.165, 1.54) is 13.0 Å². The van der Waals surface area contributed by atoms with Crippen LogP contribution in [0.5, 0.6) is 5.75 Å². The number of ether oxygens (including phenoxy) is 1. The van der Waals surface area contributed by atoms with Crippen molar-refractivity contribution < 1.29 is 19.4 Å². The molecule has 0 spiro atoms. The Morgan fingerprint density at radius 2 is 2.11 bits per heavy atom. The van der Waals surface area contributed by atoms with Gasteiger partial charge < -0.3 is 20.5 Å². The molecule has 0 aliphatic carbocycles. The summed E-state index contributed by atoms with van der Waals surface area (Å²) in [6.07, 6.45) is 0. The fraction of sp³-hybridized carbons (Fsp3) is 0.273. The van der Waals surface area contributed by atoms with E-state index in [1.54, 1.807) is 12.1 Å². The molecule has 19 heavy (non-hydrogen) atoms. The first-order valence-corrected chi connectivity index (χ1v) is 6.00. The first-order chi connectivity index (χ1) is 8.90. The molecule has 104 valence electrons. The minimum atomic E-state index is -1.13. The molecule has 0 heterocycles. The van der Waals surface area contributed by atoms with Crippen LogP contribution >= 0.6 is 23.2 Å². The molecule has 1 atom stereocenters. The van der Waals surface area contributed by atoms with Gasteiger partial charge in [-0.15, -0.1) is 0 Å². The number of aliphatic carboxylic acids is 1. The van der Waals surface area contributed by atoms with E-state index in [1.807, 2.05) is 0 Å². The van der Waals surface area contributed by atoms with E-state index in [0.717, 1.165) is 0 Å². The van der Waals surface area contributed by atoms with E-state index in [0.29, 0.717) is 15.8 Å². The van der Waals surface area contributed by atoms with Crippen molar-refractivity contribution in [2.24, 2.45) is 0 Å². The highest BCUT2D eigenvalue weighted by molar-refractivity contribution is 6.35. The van der Waals surface area contributed by atoms with Crippen molar-refractivity contribution >= 4 is 35.2 Å². The largest absolute Gasteiger partial charge is 0.480 e. The highest BCUT2D eigenvalue weighted by atomic mass is 35.5. The molecular formula is C11H12Cl2N2O4. The number of rotatable bonds is 5. The Kier molecular flexibility index (Phi) is 5.72. The normalized spacial score (nSPS) is 11.5. The third kappa shape index (κ3) is 5.23. The molecule has 0 aromatic heterocycles. The van der Waals surface area contributed by atoms with Gasteiger partial charge in [-0.25, -0.2) is 4.79 Å². The number of halogens is 2. The quantitative estimate of drug-likeness (QED) is 0.727. The van der Waals surface area contributed by atoms with Gasteiger partial charge in [-0.3, -0.25) is 4.79 Å². The summed E-state index contributed by atoms with van der Waals surface area (Å²) in [5.41, 5.74) is 0. The SMILES string of the molecule is CC(NC(=O)NCOc1ccc(Cl)cc1Cl)C(=O)O. The number of carboxylic acids is 1.